The maximum absolute atomic E-state index is 12.5. The number of carbonyl (C=O) groups is 2. The van der Waals surface area contributed by atoms with E-state index in [0.29, 0.717) is 25.4 Å². The Hall–Kier alpha value is -1.32. The van der Waals surface area contributed by atoms with Crippen LogP contribution in [0.4, 0.5) is 0 Å². The third kappa shape index (κ3) is 3.53. The smallest absolute Gasteiger partial charge is 0.242 e. The summed E-state index contributed by atoms with van der Waals surface area (Å²) < 4.78 is 0. The highest BCUT2D eigenvalue weighted by Crippen LogP contribution is 2.31. The molecule has 0 aromatic rings. The van der Waals surface area contributed by atoms with Crippen molar-refractivity contribution in [1.29, 1.82) is 0 Å². The molecule has 1 atom stereocenters. The summed E-state index contributed by atoms with van der Waals surface area (Å²) in [7, 11) is 0. The number of hydrogen-bond acceptors (Lipinski definition) is 2. The van der Waals surface area contributed by atoms with Crippen LogP contribution < -0.4 is 5.32 Å². The summed E-state index contributed by atoms with van der Waals surface area (Å²) in [5, 5.41) is 3.07. The average Bonchev–Trinajstić information content (AvgIpc) is 3.17. The van der Waals surface area contributed by atoms with Crippen LogP contribution in [-0.2, 0) is 9.59 Å². The van der Waals surface area contributed by atoms with Gasteiger partial charge in [-0.15, -0.1) is 0 Å². The van der Waals surface area contributed by atoms with Gasteiger partial charge in [0, 0.05) is 19.0 Å². The van der Waals surface area contributed by atoms with Crippen LogP contribution in [0.2, 0.25) is 0 Å². The van der Waals surface area contributed by atoms with Crippen molar-refractivity contribution in [3.05, 3.63) is 11.6 Å². The number of hydrogen-bond donors (Lipinski definition) is 1. The van der Waals surface area contributed by atoms with Gasteiger partial charge in [-0.25, -0.2) is 0 Å². The first-order valence-electron chi connectivity index (χ1n) is 9.02. The van der Waals surface area contributed by atoms with Crippen molar-refractivity contribution in [2.45, 2.75) is 82.7 Å². The molecule has 1 N–H and O–H groups in total. The third-order valence-corrected chi connectivity index (χ3v) is 5.41. The van der Waals surface area contributed by atoms with E-state index in [1.807, 2.05) is 4.90 Å². The van der Waals surface area contributed by atoms with Crippen molar-refractivity contribution in [2.75, 3.05) is 6.54 Å². The maximum Gasteiger partial charge on any atom is 0.242 e. The zero-order chi connectivity index (χ0) is 15.4. The molecule has 1 aliphatic heterocycles. The van der Waals surface area contributed by atoms with Crippen molar-refractivity contribution in [3.8, 4) is 0 Å². The van der Waals surface area contributed by atoms with Crippen molar-refractivity contribution < 1.29 is 9.59 Å². The Morgan fingerprint density at radius 1 is 1.14 bits per heavy atom. The topological polar surface area (TPSA) is 49.4 Å². The fraction of sp³-hybridized carbons (Fsp3) is 0.778. The molecule has 2 amide bonds. The van der Waals surface area contributed by atoms with Gasteiger partial charge in [0.2, 0.25) is 11.8 Å². The van der Waals surface area contributed by atoms with Gasteiger partial charge in [-0.05, 0) is 51.4 Å². The van der Waals surface area contributed by atoms with Crippen LogP contribution in [0.1, 0.15) is 70.6 Å². The Morgan fingerprint density at radius 2 is 1.95 bits per heavy atom. The van der Waals surface area contributed by atoms with Crippen molar-refractivity contribution in [1.82, 2.24) is 10.2 Å². The predicted octanol–water partition coefficient (Wildman–Crippen LogP) is 2.93. The summed E-state index contributed by atoms with van der Waals surface area (Å²) in [4.78, 5) is 26.5. The van der Waals surface area contributed by atoms with E-state index >= 15 is 0 Å². The minimum Gasteiger partial charge on any atom is -0.354 e. The highest BCUT2D eigenvalue weighted by atomic mass is 16.2. The SMILES string of the molecule is O=C(NCCC1=CCCCC1)C1CCC(=O)N1C1CCCC1. The van der Waals surface area contributed by atoms with Gasteiger partial charge >= 0.3 is 0 Å². The first-order valence-corrected chi connectivity index (χ1v) is 9.02. The molecule has 3 rings (SSSR count). The number of nitrogens with one attached hydrogen (secondary N) is 1. The van der Waals surface area contributed by atoms with Gasteiger partial charge in [0.1, 0.15) is 6.04 Å². The molecule has 0 aromatic carbocycles. The second-order valence-corrected chi connectivity index (χ2v) is 6.94. The Morgan fingerprint density at radius 3 is 2.68 bits per heavy atom. The summed E-state index contributed by atoms with van der Waals surface area (Å²) in [6.45, 7) is 0.716. The second-order valence-electron chi connectivity index (χ2n) is 6.94. The fourth-order valence-electron chi connectivity index (χ4n) is 4.20. The maximum atomic E-state index is 12.5. The summed E-state index contributed by atoms with van der Waals surface area (Å²) >= 11 is 0. The molecule has 2 aliphatic carbocycles. The Balaban J connectivity index is 1.50. The van der Waals surface area contributed by atoms with Crippen LogP contribution in [0.25, 0.3) is 0 Å². The minimum atomic E-state index is -0.212. The Kier molecular flexibility index (Phi) is 5.16. The van der Waals surface area contributed by atoms with Crippen LogP contribution in [-0.4, -0.2) is 35.3 Å². The van der Waals surface area contributed by atoms with Crippen molar-refractivity contribution in [3.63, 3.8) is 0 Å². The van der Waals surface area contributed by atoms with Gasteiger partial charge in [-0.2, -0.15) is 0 Å². The van der Waals surface area contributed by atoms with Crippen LogP contribution in [0.5, 0.6) is 0 Å². The lowest BCUT2D eigenvalue weighted by atomic mass is 9.97. The van der Waals surface area contributed by atoms with Crippen LogP contribution in [0.3, 0.4) is 0 Å². The molecular formula is C18H28N2O2. The zero-order valence-corrected chi connectivity index (χ0v) is 13.5. The summed E-state index contributed by atoms with van der Waals surface area (Å²) in [5.74, 6) is 0.246. The minimum absolute atomic E-state index is 0.0640. The van der Waals surface area contributed by atoms with Gasteiger partial charge in [0.05, 0.1) is 0 Å². The number of rotatable bonds is 5. The monoisotopic (exact) mass is 304 g/mol. The number of likely N-dealkylation sites (tertiary alicyclic amines) is 1. The molecule has 3 aliphatic rings. The quantitative estimate of drug-likeness (QED) is 0.794. The van der Waals surface area contributed by atoms with Gasteiger partial charge in [0.15, 0.2) is 0 Å². The summed E-state index contributed by atoms with van der Waals surface area (Å²) in [5.41, 5.74) is 1.49. The first kappa shape index (κ1) is 15.6. The van der Waals surface area contributed by atoms with E-state index < -0.39 is 0 Å². The predicted molar refractivity (Wildman–Crippen MR) is 86.3 cm³/mol. The lowest BCUT2D eigenvalue weighted by molar-refractivity contribution is -0.137. The lowest BCUT2D eigenvalue weighted by Gasteiger charge is -2.30. The first-order chi connectivity index (χ1) is 10.8. The number of nitrogens with zero attached hydrogens (tertiary/aromatic N) is 1. The molecule has 0 radical (unpaired) electrons. The zero-order valence-electron chi connectivity index (χ0n) is 13.5. The molecule has 0 aromatic heterocycles. The van der Waals surface area contributed by atoms with E-state index in [2.05, 4.69) is 11.4 Å². The van der Waals surface area contributed by atoms with E-state index in [4.69, 9.17) is 0 Å². The number of allylic oxidation sites excluding steroid dienone is 1. The van der Waals surface area contributed by atoms with Crippen molar-refractivity contribution >= 4 is 11.8 Å². The molecule has 22 heavy (non-hydrogen) atoms. The van der Waals surface area contributed by atoms with Gasteiger partial charge in [0.25, 0.3) is 0 Å². The van der Waals surface area contributed by atoms with E-state index in [-0.39, 0.29) is 17.9 Å². The van der Waals surface area contributed by atoms with Gasteiger partial charge in [-0.3, -0.25) is 9.59 Å². The Labute approximate surface area is 133 Å². The molecule has 1 saturated heterocycles. The van der Waals surface area contributed by atoms with E-state index in [0.717, 1.165) is 19.3 Å². The molecule has 0 spiro atoms. The fourth-order valence-corrected chi connectivity index (χ4v) is 4.20. The highest BCUT2D eigenvalue weighted by Gasteiger charge is 2.40. The number of amides is 2. The van der Waals surface area contributed by atoms with Gasteiger partial charge in [-0.1, -0.05) is 24.5 Å². The van der Waals surface area contributed by atoms with Crippen LogP contribution >= 0.6 is 0 Å². The van der Waals surface area contributed by atoms with E-state index in [1.54, 1.807) is 0 Å². The molecule has 4 nitrogen and oxygen atoms in total. The molecule has 2 fully saturated rings. The largest absolute Gasteiger partial charge is 0.354 e. The highest BCUT2D eigenvalue weighted by molar-refractivity contribution is 5.91. The standard InChI is InChI=1S/C18H28N2O2/c21-17-11-10-16(20(17)15-8-4-5-9-15)18(22)19-13-12-14-6-2-1-3-7-14/h6,15-16H,1-5,7-13H2,(H,19,22). The van der Waals surface area contributed by atoms with E-state index in [1.165, 1.54) is 44.1 Å². The molecule has 0 bridgehead atoms. The molecule has 1 unspecified atom stereocenters. The van der Waals surface area contributed by atoms with Crippen LogP contribution in [0.15, 0.2) is 11.6 Å². The normalized spacial score (nSPS) is 26.4. The summed E-state index contributed by atoms with van der Waals surface area (Å²) in [6, 6.07) is 0.0998. The molecule has 1 saturated carbocycles. The molecule has 4 heteroatoms. The Bertz CT molecular complexity index is 452. The third-order valence-electron chi connectivity index (χ3n) is 5.41. The number of carbonyl (C=O) groups excluding carboxylic acids is 2. The molecule has 122 valence electrons. The second kappa shape index (κ2) is 7.30. The van der Waals surface area contributed by atoms with Gasteiger partial charge < -0.3 is 10.2 Å². The van der Waals surface area contributed by atoms with E-state index in [9.17, 15) is 9.59 Å². The summed E-state index contributed by atoms with van der Waals surface area (Å²) in [6.07, 6.45) is 14.0. The lowest BCUT2D eigenvalue weighted by Crippen LogP contribution is -2.48. The van der Waals surface area contributed by atoms with Crippen LogP contribution in [0, 0.1) is 0 Å². The molecule has 1 heterocycles. The van der Waals surface area contributed by atoms with Crippen molar-refractivity contribution in [2.24, 2.45) is 0 Å². The molecular weight excluding hydrogens is 276 g/mol. The average molecular weight is 304 g/mol.